The molecule has 5 aliphatic carbocycles. The number of carbonyl (C=O) groups excluding carboxylic acids is 1. The largest absolute Gasteiger partial charge is 0.481 e. The van der Waals surface area contributed by atoms with E-state index in [1.54, 1.807) is 13.8 Å². The maximum atomic E-state index is 12.9. The van der Waals surface area contributed by atoms with Crippen molar-refractivity contribution in [3.05, 3.63) is 0 Å². The fourth-order valence-electron chi connectivity index (χ4n) is 12.3. The average Bonchev–Trinajstić information content (AvgIpc) is 3.25. The lowest BCUT2D eigenvalue weighted by Gasteiger charge is -2.72. The summed E-state index contributed by atoms with van der Waals surface area (Å²) in [5.74, 6) is 4.46. The predicted molar refractivity (Wildman–Crippen MR) is 156 cm³/mol. The molecule has 8 unspecified atom stereocenters. The Morgan fingerprint density at radius 1 is 0.846 bits per heavy atom. The Hall–Kier alpha value is -1.06. The summed E-state index contributed by atoms with van der Waals surface area (Å²) >= 11 is 0. The van der Waals surface area contributed by atoms with Crippen molar-refractivity contribution >= 4 is 11.9 Å². The van der Waals surface area contributed by atoms with Crippen LogP contribution in [0.5, 0.6) is 0 Å². The van der Waals surface area contributed by atoms with Crippen LogP contribution in [0, 0.1) is 68.5 Å². The Morgan fingerprint density at radius 2 is 1.51 bits per heavy atom. The van der Waals surface area contributed by atoms with Crippen molar-refractivity contribution < 1.29 is 19.4 Å². The molecule has 4 heteroatoms. The Bertz CT molecular complexity index is 981. The molecule has 0 spiro atoms. The molecule has 0 aromatic carbocycles. The number of aliphatic carboxylic acids is 1. The summed E-state index contributed by atoms with van der Waals surface area (Å²) in [6.45, 7) is 20.9. The summed E-state index contributed by atoms with van der Waals surface area (Å²) in [6, 6.07) is 0. The Morgan fingerprint density at radius 3 is 2.15 bits per heavy atom. The third kappa shape index (κ3) is 4.26. The van der Waals surface area contributed by atoms with Crippen molar-refractivity contribution in [1.29, 1.82) is 0 Å². The molecule has 0 radical (unpaired) electrons. The van der Waals surface area contributed by atoms with Gasteiger partial charge >= 0.3 is 11.9 Å². The monoisotopic (exact) mass is 542 g/mol. The van der Waals surface area contributed by atoms with E-state index in [0.717, 1.165) is 48.3 Å². The highest BCUT2D eigenvalue weighted by molar-refractivity contribution is 5.81. The maximum Gasteiger partial charge on any atom is 0.309 e. The molecule has 5 aliphatic rings. The molecule has 39 heavy (non-hydrogen) atoms. The highest BCUT2D eigenvalue weighted by Gasteiger charge is 2.69. The molecule has 0 heterocycles. The lowest BCUT2D eigenvalue weighted by molar-refractivity contribution is -0.245. The predicted octanol–water partition coefficient (Wildman–Crippen LogP) is 8.77. The van der Waals surface area contributed by atoms with Gasteiger partial charge in [0.2, 0.25) is 0 Å². The first-order valence-electron chi connectivity index (χ1n) is 16.4. The summed E-state index contributed by atoms with van der Waals surface area (Å²) in [5.41, 5.74) is -0.142. The third-order valence-corrected chi connectivity index (χ3v) is 14.6. The van der Waals surface area contributed by atoms with Crippen LogP contribution in [-0.2, 0) is 14.3 Å². The molecule has 5 rings (SSSR count). The number of esters is 1. The number of hydrogen-bond donors (Lipinski definition) is 1. The number of carbonyl (C=O) groups is 2. The zero-order valence-electron chi connectivity index (χ0n) is 26.6. The van der Waals surface area contributed by atoms with E-state index in [-0.39, 0.29) is 29.3 Å². The minimum absolute atomic E-state index is 0.0726. The van der Waals surface area contributed by atoms with Crippen molar-refractivity contribution in [1.82, 2.24) is 0 Å². The van der Waals surface area contributed by atoms with Crippen LogP contribution < -0.4 is 0 Å². The van der Waals surface area contributed by atoms with Crippen LogP contribution in [0.2, 0.25) is 0 Å². The van der Waals surface area contributed by atoms with E-state index in [2.05, 4.69) is 48.5 Å². The highest BCUT2D eigenvalue weighted by Crippen LogP contribution is 2.76. The molecule has 0 aliphatic heterocycles. The van der Waals surface area contributed by atoms with Gasteiger partial charge in [0.15, 0.2) is 0 Å². The first-order valence-corrected chi connectivity index (χ1v) is 16.4. The van der Waals surface area contributed by atoms with Gasteiger partial charge in [-0.3, -0.25) is 9.59 Å². The molecular weight excluding hydrogens is 484 g/mol. The molecule has 4 nitrogen and oxygen atoms in total. The van der Waals surface area contributed by atoms with Crippen molar-refractivity contribution in [2.24, 2.45) is 68.5 Å². The fraction of sp³-hybridized carbons (Fsp3) is 0.943. The Kier molecular flexibility index (Phi) is 7.16. The Labute approximate surface area is 238 Å². The normalized spacial score (nSPS) is 47.0. The minimum Gasteiger partial charge on any atom is -0.481 e. The summed E-state index contributed by atoms with van der Waals surface area (Å²) in [7, 11) is 0. The average molecular weight is 543 g/mol. The zero-order valence-corrected chi connectivity index (χ0v) is 26.6. The second-order valence-corrected chi connectivity index (χ2v) is 17.2. The van der Waals surface area contributed by atoms with Crippen LogP contribution in [0.15, 0.2) is 0 Å². The van der Waals surface area contributed by atoms with Crippen molar-refractivity contribution in [2.45, 2.75) is 139 Å². The number of carboxylic acids is 1. The summed E-state index contributed by atoms with van der Waals surface area (Å²) < 4.78 is 6.13. The zero-order chi connectivity index (χ0) is 28.8. The van der Waals surface area contributed by atoms with Gasteiger partial charge in [0.05, 0.1) is 11.8 Å². The van der Waals surface area contributed by atoms with Crippen LogP contribution in [-0.4, -0.2) is 23.1 Å². The van der Waals surface area contributed by atoms with Crippen molar-refractivity contribution in [3.63, 3.8) is 0 Å². The molecule has 5 saturated carbocycles. The van der Waals surface area contributed by atoms with Gasteiger partial charge in [-0.25, -0.2) is 0 Å². The molecule has 0 aromatic heterocycles. The van der Waals surface area contributed by atoms with Crippen LogP contribution in [0.25, 0.3) is 0 Å². The number of rotatable bonds is 5. The summed E-state index contributed by atoms with van der Waals surface area (Å²) in [4.78, 5) is 24.5. The SMILES string of the molecule is CC(C)[C@H]1CCC2CC[C@]3(C)C(CCC4C5(C)CCC(OC(=O)CC(C)(C)C(=O)O)C(C)(C)C5CCC43C)C21. The molecule has 222 valence electrons. The topological polar surface area (TPSA) is 63.6 Å². The molecule has 0 bridgehead atoms. The van der Waals surface area contributed by atoms with Gasteiger partial charge in [0.25, 0.3) is 0 Å². The van der Waals surface area contributed by atoms with E-state index in [1.165, 1.54) is 51.4 Å². The Balaban J connectivity index is 1.38. The minimum atomic E-state index is -1.10. The van der Waals surface area contributed by atoms with E-state index in [9.17, 15) is 14.7 Å². The molecule has 0 saturated heterocycles. The highest BCUT2D eigenvalue weighted by atomic mass is 16.5. The second kappa shape index (κ2) is 9.48. The third-order valence-electron chi connectivity index (χ3n) is 14.6. The molecule has 0 amide bonds. The standard InChI is InChI=1S/C35H58O4/c1-21(2)23-11-10-22-14-18-34(8)24(29(22)23)12-13-26-33(7)17-16-27(39-28(36)20-31(3,4)30(37)38)32(5,6)25(33)15-19-35(26,34)9/h21-27,29H,10-20H2,1-9H3,(H,37,38)/t22?,23-,24?,25?,26?,27?,29?,33?,34-,35?/m1/s1. The summed E-state index contributed by atoms with van der Waals surface area (Å²) in [6.07, 6.45) is 12.9. The van der Waals surface area contributed by atoms with E-state index in [4.69, 9.17) is 4.74 Å². The van der Waals surface area contributed by atoms with Gasteiger partial charge in [-0.15, -0.1) is 0 Å². The van der Waals surface area contributed by atoms with E-state index in [1.807, 2.05) is 0 Å². The molecule has 10 atom stereocenters. The van der Waals surface area contributed by atoms with E-state index >= 15 is 0 Å². The smallest absolute Gasteiger partial charge is 0.309 e. The number of hydrogen-bond acceptors (Lipinski definition) is 3. The molecule has 0 aromatic rings. The molecule has 5 fully saturated rings. The van der Waals surface area contributed by atoms with Gasteiger partial charge in [-0.1, -0.05) is 48.5 Å². The van der Waals surface area contributed by atoms with Gasteiger partial charge in [0, 0.05) is 5.41 Å². The first-order chi connectivity index (χ1) is 18.0. The van der Waals surface area contributed by atoms with E-state index < -0.39 is 11.4 Å². The van der Waals surface area contributed by atoms with Crippen LogP contribution in [0.1, 0.15) is 133 Å². The van der Waals surface area contributed by atoms with Crippen molar-refractivity contribution in [2.75, 3.05) is 0 Å². The van der Waals surface area contributed by atoms with Crippen LogP contribution in [0.3, 0.4) is 0 Å². The fourth-order valence-corrected chi connectivity index (χ4v) is 12.3. The van der Waals surface area contributed by atoms with Gasteiger partial charge in [-0.05, 0) is 136 Å². The van der Waals surface area contributed by atoms with Crippen LogP contribution >= 0.6 is 0 Å². The number of ether oxygens (including phenoxy) is 1. The molecule has 1 N–H and O–H groups in total. The molecular formula is C35H58O4. The maximum absolute atomic E-state index is 12.9. The van der Waals surface area contributed by atoms with Gasteiger partial charge < -0.3 is 9.84 Å². The van der Waals surface area contributed by atoms with Gasteiger partial charge in [-0.2, -0.15) is 0 Å². The van der Waals surface area contributed by atoms with E-state index in [0.29, 0.717) is 16.7 Å². The van der Waals surface area contributed by atoms with Gasteiger partial charge in [0.1, 0.15) is 6.10 Å². The number of fused-ring (bicyclic) bond motifs is 7. The quantitative estimate of drug-likeness (QED) is 0.353. The second-order valence-electron chi connectivity index (χ2n) is 17.2. The lowest BCUT2D eigenvalue weighted by Crippen LogP contribution is -2.66. The van der Waals surface area contributed by atoms with Crippen LogP contribution in [0.4, 0.5) is 0 Å². The summed E-state index contributed by atoms with van der Waals surface area (Å²) in [5, 5.41) is 9.51. The number of carboxylic acid groups (broad SMARTS) is 1. The lowest BCUT2D eigenvalue weighted by atomic mass is 9.33. The first kappa shape index (κ1) is 29.4. The van der Waals surface area contributed by atoms with Crippen molar-refractivity contribution in [3.8, 4) is 0 Å².